The quantitative estimate of drug-likeness (QED) is 0.509. The van der Waals surface area contributed by atoms with Gasteiger partial charge in [0.25, 0.3) is 0 Å². The zero-order valence-electron chi connectivity index (χ0n) is 16.4. The Bertz CT molecular complexity index is 1090. The molecule has 0 radical (unpaired) electrons. The molecule has 0 bridgehead atoms. The molecule has 0 unspecified atom stereocenters. The third kappa shape index (κ3) is 3.13. The van der Waals surface area contributed by atoms with Crippen LogP contribution in [0.3, 0.4) is 0 Å². The largest absolute Gasteiger partial charge is 0.328 e. The second-order valence-electron chi connectivity index (χ2n) is 7.77. The number of halogens is 1. The van der Waals surface area contributed by atoms with Crippen LogP contribution in [0.2, 0.25) is 5.02 Å². The molecule has 2 aliphatic rings. The van der Waals surface area contributed by atoms with Gasteiger partial charge in [-0.05, 0) is 54.5 Å². The summed E-state index contributed by atoms with van der Waals surface area (Å²) >= 11 is 8.13. The Balaban J connectivity index is 1.51. The maximum Gasteiger partial charge on any atom is 0.238 e. The first-order valence-corrected chi connectivity index (χ1v) is 11.7. The molecule has 1 amide bonds. The van der Waals surface area contributed by atoms with Gasteiger partial charge in [0, 0.05) is 30.0 Å². The van der Waals surface area contributed by atoms with Gasteiger partial charge in [-0.15, -0.1) is 0 Å². The number of nitrogens with zero attached hydrogens (tertiary/aromatic N) is 4. The van der Waals surface area contributed by atoms with Crippen molar-refractivity contribution in [1.29, 1.82) is 0 Å². The van der Waals surface area contributed by atoms with Crippen molar-refractivity contribution in [3.8, 4) is 0 Å². The van der Waals surface area contributed by atoms with Crippen molar-refractivity contribution in [2.75, 3.05) is 16.4 Å². The van der Waals surface area contributed by atoms with Gasteiger partial charge in [0.05, 0.1) is 28.9 Å². The number of aryl methyl sites for hydroxylation is 1. The van der Waals surface area contributed by atoms with Gasteiger partial charge in [-0.3, -0.25) is 9.78 Å². The van der Waals surface area contributed by atoms with Gasteiger partial charge in [-0.1, -0.05) is 18.5 Å². The summed E-state index contributed by atoms with van der Waals surface area (Å²) < 4.78 is 2.25. The number of hydrogen-bond acceptors (Lipinski definition) is 4. The first-order chi connectivity index (χ1) is 14.1. The summed E-state index contributed by atoms with van der Waals surface area (Å²) in [4.78, 5) is 24.1. The van der Waals surface area contributed by atoms with Crippen molar-refractivity contribution in [1.82, 2.24) is 14.5 Å². The normalized spacial score (nSPS) is 16.8. The molecule has 0 N–H and O–H groups in total. The van der Waals surface area contributed by atoms with E-state index in [9.17, 15) is 4.79 Å². The minimum atomic E-state index is -0.297. The molecule has 0 atom stereocenters. The highest BCUT2D eigenvalue weighted by Gasteiger charge is 2.59. The number of pyridine rings is 2. The number of anilines is 1. The average Bonchev–Trinajstić information content (AvgIpc) is 3.42. The molecule has 150 valence electrons. The molecule has 1 fully saturated rings. The van der Waals surface area contributed by atoms with Crippen LogP contribution < -0.4 is 4.90 Å². The monoisotopic (exact) mass is 426 g/mol. The molecule has 1 aliphatic heterocycles. The van der Waals surface area contributed by atoms with E-state index in [0.717, 1.165) is 65.3 Å². The van der Waals surface area contributed by atoms with E-state index in [1.807, 2.05) is 35.0 Å². The van der Waals surface area contributed by atoms with Gasteiger partial charge in [-0.2, -0.15) is 11.8 Å². The fraction of sp³-hybridized carbons (Fsp3) is 0.409. The maximum atomic E-state index is 13.3. The molecule has 29 heavy (non-hydrogen) atoms. The van der Waals surface area contributed by atoms with Crippen LogP contribution >= 0.6 is 23.4 Å². The summed E-state index contributed by atoms with van der Waals surface area (Å²) in [6.07, 6.45) is 8.27. The molecular weight excluding hydrogens is 404 g/mol. The highest BCUT2D eigenvalue weighted by Crippen LogP contribution is 2.57. The number of hydrogen-bond donors (Lipinski definition) is 0. The molecule has 3 aromatic heterocycles. The van der Waals surface area contributed by atoms with E-state index < -0.39 is 0 Å². The fourth-order valence-corrected chi connectivity index (χ4v) is 5.23. The van der Waals surface area contributed by atoms with Crippen LogP contribution in [-0.2, 0) is 23.3 Å². The summed E-state index contributed by atoms with van der Waals surface area (Å²) in [5.74, 6) is 2.45. The summed E-state index contributed by atoms with van der Waals surface area (Å²) in [6, 6.07) is 6.09. The molecule has 0 saturated heterocycles. The summed E-state index contributed by atoms with van der Waals surface area (Å²) in [7, 11) is 0. The van der Waals surface area contributed by atoms with E-state index in [-0.39, 0.29) is 11.3 Å². The van der Waals surface area contributed by atoms with E-state index in [4.69, 9.17) is 11.6 Å². The molecule has 1 spiro atoms. The maximum absolute atomic E-state index is 13.3. The lowest BCUT2D eigenvalue weighted by Crippen LogP contribution is -2.32. The number of aromatic nitrogens is 3. The zero-order chi connectivity index (χ0) is 20.0. The molecular formula is C22H23ClN4OS. The number of fused-ring (bicyclic) bond motifs is 3. The van der Waals surface area contributed by atoms with Crippen LogP contribution in [0.5, 0.6) is 0 Å². The molecule has 3 aromatic rings. The van der Waals surface area contributed by atoms with Gasteiger partial charge in [0.15, 0.2) is 0 Å². The summed E-state index contributed by atoms with van der Waals surface area (Å²) in [5, 5.41) is 1.65. The number of carbonyl (C=O) groups excluding carboxylic acids is 1. The Morgan fingerprint density at radius 3 is 2.93 bits per heavy atom. The van der Waals surface area contributed by atoms with Crippen molar-refractivity contribution in [3.63, 3.8) is 0 Å². The van der Waals surface area contributed by atoms with Gasteiger partial charge < -0.3 is 9.47 Å². The lowest BCUT2D eigenvalue weighted by Gasteiger charge is -2.19. The van der Waals surface area contributed by atoms with Crippen LogP contribution in [0.15, 0.2) is 36.8 Å². The van der Waals surface area contributed by atoms with Crippen LogP contribution in [0.1, 0.15) is 37.4 Å². The van der Waals surface area contributed by atoms with E-state index in [0.29, 0.717) is 11.6 Å². The highest BCUT2D eigenvalue weighted by atomic mass is 35.5. The first kappa shape index (κ1) is 18.9. The molecule has 5 nitrogen and oxygen atoms in total. The third-order valence-corrected chi connectivity index (χ3v) is 7.18. The molecule has 7 heteroatoms. The molecule has 4 heterocycles. The second kappa shape index (κ2) is 7.33. The number of rotatable bonds is 7. The Morgan fingerprint density at radius 2 is 2.14 bits per heavy atom. The van der Waals surface area contributed by atoms with Crippen molar-refractivity contribution in [3.05, 3.63) is 53.1 Å². The zero-order valence-corrected chi connectivity index (χ0v) is 18.0. The minimum absolute atomic E-state index is 0.213. The van der Waals surface area contributed by atoms with Gasteiger partial charge in [0.1, 0.15) is 5.65 Å². The van der Waals surface area contributed by atoms with E-state index >= 15 is 0 Å². The number of carbonyl (C=O) groups is 1. The Morgan fingerprint density at radius 1 is 1.28 bits per heavy atom. The Hall–Kier alpha value is -2.05. The summed E-state index contributed by atoms with van der Waals surface area (Å²) in [5.41, 5.74) is 3.83. The van der Waals surface area contributed by atoms with Crippen LogP contribution in [0, 0.1) is 0 Å². The van der Waals surface area contributed by atoms with Crippen molar-refractivity contribution in [2.45, 2.75) is 44.7 Å². The average molecular weight is 427 g/mol. The van der Waals surface area contributed by atoms with Gasteiger partial charge in [0.2, 0.25) is 5.91 Å². The predicted molar refractivity (Wildman–Crippen MR) is 119 cm³/mol. The highest BCUT2D eigenvalue weighted by molar-refractivity contribution is 7.99. The van der Waals surface area contributed by atoms with Crippen molar-refractivity contribution < 1.29 is 4.79 Å². The third-order valence-electron chi connectivity index (χ3n) is 5.99. The Kier molecular flexibility index (Phi) is 4.79. The first-order valence-electron chi connectivity index (χ1n) is 10.1. The smallest absolute Gasteiger partial charge is 0.238 e. The van der Waals surface area contributed by atoms with Crippen LogP contribution in [0.4, 0.5) is 5.69 Å². The molecule has 1 saturated carbocycles. The number of amides is 1. The van der Waals surface area contributed by atoms with Crippen LogP contribution in [0.25, 0.3) is 11.0 Å². The van der Waals surface area contributed by atoms with Gasteiger partial charge >= 0.3 is 0 Å². The minimum Gasteiger partial charge on any atom is -0.328 e. The topological polar surface area (TPSA) is 51.0 Å². The van der Waals surface area contributed by atoms with Crippen molar-refractivity contribution >= 4 is 46.0 Å². The lowest BCUT2D eigenvalue weighted by atomic mass is 9.99. The SMILES string of the molecule is CCSCCCn1c(CN2C(=O)C3(CC3)c3ccncc32)cc2cc(Cl)cnc21. The molecule has 0 aromatic carbocycles. The standard InChI is InChI=1S/C22H23ClN4OS/c1-2-29-9-3-8-26-17(11-15-10-16(23)12-25-20(15)26)14-27-19-13-24-7-4-18(19)22(5-6-22)21(27)28/h4,7,10-13H,2-3,5-6,8-9,14H2,1H3. The lowest BCUT2D eigenvalue weighted by molar-refractivity contribution is -0.120. The van der Waals surface area contributed by atoms with E-state index in [2.05, 4.69) is 27.5 Å². The summed E-state index contributed by atoms with van der Waals surface area (Å²) in [6.45, 7) is 3.60. The molecule has 1 aliphatic carbocycles. The number of thioether (sulfide) groups is 1. The van der Waals surface area contributed by atoms with E-state index in [1.165, 1.54) is 0 Å². The molecule has 5 rings (SSSR count). The Labute approximate surface area is 179 Å². The predicted octanol–water partition coefficient (Wildman–Crippen LogP) is 4.81. The van der Waals surface area contributed by atoms with E-state index in [1.54, 1.807) is 12.4 Å². The second-order valence-corrected chi connectivity index (χ2v) is 9.60. The fourth-order valence-electron chi connectivity index (χ4n) is 4.44. The van der Waals surface area contributed by atoms with Gasteiger partial charge in [-0.25, -0.2) is 4.98 Å². The van der Waals surface area contributed by atoms with Crippen LogP contribution in [-0.4, -0.2) is 31.9 Å². The van der Waals surface area contributed by atoms with Crippen molar-refractivity contribution in [2.24, 2.45) is 0 Å².